The summed E-state index contributed by atoms with van der Waals surface area (Å²) in [5, 5.41) is 11.7. The van der Waals surface area contributed by atoms with Crippen molar-refractivity contribution in [3.63, 3.8) is 0 Å². The van der Waals surface area contributed by atoms with Gasteiger partial charge < -0.3 is 14.6 Å². The largest absolute Gasteiger partial charge is 0.478 e. The number of thiophene rings is 1. The second-order valence-corrected chi connectivity index (χ2v) is 11.2. The highest BCUT2D eigenvalue weighted by Gasteiger charge is 2.19. The third-order valence-electron chi connectivity index (χ3n) is 6.26. The number of nitrogens with zero attached hydrogens (tertiary/aromatic N) is 1. The van der Waals surface area contributed by atoms with E-state index in [4.69, 9.17) is 27.9 Å². The van der Waals surface area contributed by atoms with Gasteiger partial charge in [-0.3, -0.25) is 4.90 Å². The molecule has 1 atom stereocenters. The monoisotopic (exact) mass is 569 g/mol. The Labute approximate surface area is 236 Å². The Kier molecular flexibility index (Phi) is 10.3. The highest BCUT2D eigenvalue weighted by atomic mass is 35.5. The number of carbonyl (C=O) groups is 2. The van der Waals surface area contributed by atoms with Crippen LogP contribution in [0.2, 0.25) is 10.0 Å². The molecule has 4 rings (SSSR count). The summed E-state index contributed by atoms with van der Waals surface area (Å²) >= 11 is 14.2. The fourth-order valence-corrected chi connectivity index (χ4v) is 5.78. The quantitative estimate of drug-likeness (QED) is 0.123. The molecule has 0 aliphatic heterocycles. The van der Waals surface area contributed by atoms with Crippen LogP contribution in [0.15, 0.2) is 72.8 Å². The van der Waals surface area contributed by atoms with Crippen molar-refractivity contribution in [1.29, 1.82) is 0 Å². The van der Waals surface area contributed by atoms with Gasteiger partial charge in [0.2, 0.25) is 0 Å². The van der Waals surface area contributed by atoms with Crippen LogP contribution in [0.4, 0.5) is 0 Å². The molecule has 0 bridgehead atoms. The van der Waals surface area contributed by atoms with Gasteiger partial charge in [0.25, 0.3) is 0 Å². The number of rotatable bonds is 14. The highest BCUT2D eigenvalue weighted by molar-refractivity contribution is 7.19. The molecule has 1 heterocycles. The molecule has 3 aromatic carbocycles. The molecule has 0 fully saturated rings. The van der Waals surface area contributed by atoms with Crippen molar-refractivity contribution in [2.24, 2.45) is 0 Å². The molecule has 0 saturated carbocycles. The van der Waals surface area contributed by atoms with Gasteiger partial charge >= 0.3 is 5.97 Å². The molecule has 0 saturated heterocycles. The van der Waals surface area contributed by atoms with E-state index in [-0.39, 0.29) is 11.7 Å². The van der Waals surface area contributed by atoms with Gasteiger partial charge in [-0.2, -0.15) is 0 Å². The van der Waals surface area contributed by atoms with Gasteiger partial charge in [0.15, 0.2) is 0 Å². The number of carboxylic acids is 1. The highest BCUT2D eigenvalue weighted by Crippen LogP contribution is 2.31. The average molecular weight is 571 g/mol. The predicted octanol–water partition coefficient (Wildman–Crippen LogP) is 8.04. The Bertz CT molecular complexity index is 1370. The first kappa shape index (κ1) is 28.3. The molecule has 0 amide bonds. The van der Waals surface area contributed by atoms with Gasteiger partial charge in [-0.15, -0.1) is 11.3 Å². The van der Waals surface area contributed by atoms with Crippen molar-refractivity contribution < 1.29 is 19.4 Å². The molecule has 0 spiro atoms. The summed E-state index contributed by atoms with van der Waals surface area (Å²) in [7, 11) is 0. The zero-order chi connectivity index (χ0) is 26.9. The van der Waals surface area contributed by atoms with Crippen LogP contribution >= 0.6 is 34.5 Å². The molecule has 198 valence electrons. The van der Waals surface area contributed by atoms with E-state index >= 15 is 0 Å². The molecule has 0 unspecified atom stereocenters. The number of aldehydes is 1. The number of unbranched alkanes of at least 4 members (excludes halogenated alkanes) is 2. The van der Waals surface area contributed by atoms with Crippen LogP contribution in [0, 0.1) is 0 Å². The van der Waals surface area contributed by atoms with Gasteiger partial charge in [-0.1, -0.05) is 53.5 Å². The first-order chi connectivity index (χ1) is 18.4. The number of carboxylic acid groups (broad SMARTS) is 1. The van der Waals surface area contributed by atoms with E-state index < -0.39 is 5.97 Å². The molecule has 1 N–H and O–H groups in total. The van der Waals surface area contributed by atoms with Gasteiger partial charge in [0.05, 0.1) is 18.3 Å². The Hall–Kier alpha value is -2.74. The summed E-state index contributed by atoms with van der Waals surface area (Å²) in [6.45, 7) is 2.46. The zero-order valence-corrected chi connectivity index (χ0v) is 23.1. The molecule has 0 radical (unpaired) electrons. The molecular weight excluding hydrogens is 541 g/mol. The van der Waals surface area contributed by atoms with Crippen LogP contribution in [0.1, 0.15) is 51.7 Å². The van der Waals surface area contributed by atoms with Crippen LogP contribution in [-0.2, 0) is 22.7 Å². The van der Waals surface area contributed by atoms with E-state index in [9.17, 15) is 14.7 Å². The van der Waals surface area contributed by atoms with Gasteiger partial charge in [0, 0.05) is 39.1 Å². The number of aromatic carboxylic acids is 1. The summed E-state index contributed by atoms with van der Waals surface area (Å²) in [5.74, 6) is -0.944. The molecule has 5 nitrogen and oxygen atoms in total. The third kappa shape index (κ3) is 8.13. The summed E-state index contributed by atoms with van der Waals surface area (Å²) in [4.78, 5) is 25.5. The first-order valence-electron chi connectivity index (χ1n) is 12.4. The van der Waals surface area contributed by atoms with E-state index in [0.717, 1.165) is 51.8 Å². The maximum absolute atomic E-state index is 11.3. The van der Waals surface area contributed by atoms with Crippen molar-refractivity contribution in [1.82, 2.24) is 4.90 Å². The summed E-state index contributed by atoms with van der Waals surface area (Å²) < 4.78 is 7.64. The lowest BCUT2D eigenvalue weighted by molar-refractivity contribution is -0.107. The summed E-state index contributed by atoms with van der Waals surface area (Å²) in [5.41, 5.74) is 2.26. The number of ether oxygens (including phenoxy) is 1. The number of benzene rings is 3. The Balaban J connectivity index is 1.53. The first-order valence-corrected chi connectivity index (χ1v) is 14.0. The number of hydrogen-bond donors (Lipinski definition) is 1. The van der Waals surface area contributed by atoms with E-state index in [0.29, 0.717) is 36.2 Å². The van der Waals surface area contributed by atoms with Crippen LogP contribution in [0.5, 0.6) is 0 Å². The zero-order valence-electron chi connectivity index (χ0n) is 20.8. The lowest BCUT2D eigenvalue weighted by Gasteiger charge is -2.28. The van der Waals surface area contributed by atoms with E-state index in [1.807, 2.05) is 54.6 Å². The molecular formula is C30H29Cl2NO4S. The smallest absolute Gasteiger partial charge is 0.335 e. The minimum absolute atomic E-state index is 0.244. The number of carbonyl (C=O) groups excluding carboxylic acids is 1. The topological polar surface area (TPSA) is 66.8 Å². The fraction of sp³-hybridized carbons (Fsp3) is 0.267. The maximum atomic E-state index is 11.3. The molecule has 0 aliphatic rings. The van der Waals surface area contributed by atoms with Crippen molar-refractivity contribution in [2.75, 3.05) is 13.1 Å². The van der Waals surface area contributed by atoms with E-state index in [1.54, 1.807) is 23.5 Å². The van der Waals surface area contributed by atoms with E-state index in [2.05, 4.69) is 11.0 Å². The number of hydrogen-bond acceptors (Lipinski definition) is 5. The molecule has 0 aliphatic carbocycles. The molecule has 4 aromatic rings. The van der Waals surface area contributed by atoms with Gasteiger partial charge in [0.1, 0.15) is 6.29 Å². The van der Waals surface area contributed by atoms with Gasteiger partial charge in [-0.25, -0.2) is 4.79 Å². The lowest BCUT2D eigenvalue weighted by Crippen LogP contribution is -2.30. The Morgan fingerprint density at radius 2 is 1.79 bits per heavy atom. The van der Waals surface area contributed by atoms with Gasteiger partial charge in [-0.05, 0) is 78.4 Å². The van der Waals surface area contributed by atoms with Crippen molar-refractivity contribution in [2.45, 2.75) is 38.5 Å². The predicted molar refractivity (Wildman–Crippen MR) is 154 cm³/mol. The summed E-state index contributed by atoms with van der Waals surface area (Å²) in [6.07, 6.45) is 2.92. The minimum atomic E-state index is -0.944. The average Bonchev–Trinajstić information content (AvgIpc) is 3.31. The fourth-order valence-electron chi connectivity index (χ4n) is 4.32. The SMILES string of the molecule is O=CCCCCN(Cc1ccc(C(=O)O)cc1)C[C@H](OCc1cc2ccc(Cl)cc2s1)c1cccc(Cl)c1. The minimum Gasteiger partial charge on any atom is -0.478 e. The molecule has 8 heteroatoms. The van der Waals surface area contributed by atoms with Crippen LogP contribution in [-0.4, -0.2) is 35.4 Å². The maximum Gasteiger partial charge on any atom is 0.335 e. The number of halogens is 2. The van der Waals surface area contributed by atoms with Crippen LogP contribution < -0.4 is 0 Å². The normalized spacial score (nSPS) is 12.2. The lowest BCUT2D eigenvalue weighted by atomic mass is 10.1. The van der Waals surface area contributed by atoms with Crippen molar-refractivity contribution in [3.8, 4) is 0 Å². The molecule has 38 heavy (non-hydrogen) atoms. The second kappa shape index (κ2) is 13.9. The Morgan fingerprint density at radius 1 is 1.00 bits per heavy atom. The molecule has 1 aromatic heterocycles. The summed E-state index contributed by atoms with van der Waals surface area (Å²) in [6, 6.07) is 22.7. The van der Waals surface area contributed by atoms with E-state index in [1.165, 1.54) is 0 Å². The Morgan fingerprint density at radius 3 is 2.53 bits per heavy atom. The number of fused-ring (bicyclic) bond motifs is 1. The standard InChI is InChI=1S/C30H29Cl2NO4S/c31-25-6-4-5-23(15-25)28(37-20-27-16-24-11-12-26(32)17-29(24)38-27)19-33(13-2-1-3-14-34)18-21-7-9-22(10-8-21)30(35)36/h4-12,14-17,28H,1-3,13,18-20H2,(H,35,36)/t28-/m0/s1. The second-order valence-electron chi connectivity index (χ2n) is 9.15. The van der Waals surface area contributed by atoms with Crippen molar-refractivity contribution >= 4 is 56.9 Å². The van der Waals surface area contributed by atoms with Crippen molar-refractivity contribution in [3.05, 3.63) is 104 Å². The third-order valence-corrected chi connectivity index (χ3v) is 7.80. The van der Waals surface area contributed by atoms with Crippen LogP contribution in [0.25, 0.3) is 10.1 Å². The van der Waals surface area contributed by atoms with Crippen LogP contribution in [0.3, 0.4) is 0 Å².